The lowest BCUT2D eigenvalue weighted by Gasteiger charge is -2.44. The van der Waals surface area contributed by atoms with Crippen LogP contribution in [0.15, 0.2) is 45.2 Å². The minimum atomic E-state index is -1.51. The maximum atomic E-state index is 11.1. The molecule has 0 spiro atoms. The van der Waals surface area contributed by atoms with Crippen LogP contribution in [0, 0.1) is 11.8 Å². The number of rotatable bonds is 2. The van der Waals surface area contributed by atoms with Crippen molar-refractivity contribution in [2.24, 2.45) is 11.8 Å². The molecule has 0 heterocycles. The fourth-order valence-electron chi connectivity index (χ4n) is 3.08. The monoisotopic (exact) mass is 374 g/mol. The normalized spacial score (nSPS) is 37.1. The Hall–Kier alpha value is -0.550. The lowest BCUT2D eigenvalue weighted by molar-refractivity contribution is 0.0251. The van der Waals surface area contributed by atoms with Gasteiger partial charge in [0.2, 0.25) is 0 Å². The molecule has 3 N–H and O–H groups in total. The van der Waals surface area contributed by atoms with E-state index in [1.54, 1.807) is 19.9 Å². The summed E-state index contributed by atoms with van der Waals surface area (Å²) in [7, 11) is 0. The molecule has 0 aromatic carbocycles. The molecule has 0 amide bonds. The minimum absolute atomic E-state index is 0.112. The summed E-state index contributed by atoms with van der Waals surface area (Å²) in [5.74, 6) is -0.588. The summed E-state index contributed by atoms with van der Waals surface area (Å²) in [6.45, 7) is 7.32. The summed E-state index contributed by atoms with van der Waals surface area (Å²) < 4.78 is 0.503. The first-order valence-electron chi connectivity index (χ1n) is 6.91. The SMILES string of the molecule is C=C(C)C1(O)C(Cl)=C(Br)C(C)=C(O)[C@@H]1C1C=CC(O)CC1. The van der Waals surface area contributed by atoms with E-state index in [1.165, 1.54) is 0 Å². The Bertz CT molecular complexity index is 564. The number of aliphatic hydroxyl groups is 3. The van der Waals surface area contributed by atoms with Crippen LogP contribution in [-0.4, -0.2) is 27.0 Å². The molecule has 0 radical (unpaired) electrons. The fourth-order valence-corrected chi connectivity index (χ4v) is 4.01. The Labute approximate surface area is 138 Å². The van der Waals surface area contributed by atoms with Crippen molar-refractivity contribution in [1.29, 1.82) is 0 Å². The predicted molar refractivity (Wildman–Crippen MR) is 88.3 cm³/mol. The molecule has 2 aliphatic rings. The number of aliphatic hydroxyl groups excluding tert-OH is 2. The Balaban J connectivity index is 2.56. The topological polar surface area (TPSA) is 60.7 Å². The zero-order valence-electron chi connectivity index (χ0n) is 12.1. The van der Waals surface area contributed by atoms with Gasteiger partial charge >= 0.3 is 0 Å². The number of halogens is 2. The molecule has 0 saturated heterocycles. The second kappa shape index (κ2) is 5.92. The quantitative estimate of drug-likeness (QED) is 0.641. The molecule has 4 atom stereocenters. The average molecular weight is 376 g/mol. The zero-order valence-corrected chi connectivity index (χ0v) is 14.4. The summed E-state index contributed by atoms with van der Waals surface area (Å²) >= 11 is 9.71. The van der Waals surface area contributed by atoms with Gasteiger partial charge in [-0.05, 0) is 54.1 Å². The van der Waals surface area contributed by atoms with Crippen LogP contribution in [0.5, 0.6) is 0 Å². The van der Waals surface area contributed by atoms with Crippen molar-refractivity contribution in [2.45, 2.75) is 38.4 Å². The molecular formula is C16H20BrClO3. The Morgan fingerprint density at radius 1 is 1.43 bits per heavy atom. The van der Waals surface area contributed by atoms with Gasteiger partial charge in [-0.15, -0.1) is 0 Å². The smallest absolute Gasteiger partial charge is 0.132 e. The molecule has 0 aromatic rings. The van der Waals surface area contributed by atoms with Crippen molar-refractivity contribution in [3.63, 3.8) is 0 Å². The number of allylic oxidation sites excluding steroid dienone is 3. The largest absolute Gasteiger partial charge is 0.512 e. The molecule has 2 aliphatic carbocycles. The molecule has 0 aliphatic heterocycles. The van der Waals surface area contributed by atoms with Crippen LogP contribution in [0.4, 0.5) is 0 Å². The summed E-state index contributed by atoms with van der Waals surface area (Å²) in [5.41, 5.74) is -0.412. The molecule has 116 valence electrons. The van der Waals surface area contributed by atoms with Crippen molar-refractivity contribution in [1.82, 2.24) is 0 Å². The van der Waals surface area contributed by atoms with Crippen LogP contribution in [0.25, 0.3) is 0 Å². The Morgan fingerprint density at radius 2 is 2.05 bits per heavy atom. The van der Waals surface area contributed by atoms with Gasteiger partial charge in [0.1, 0.15) is 11.4 Å². The Kier molecular flexibility index (Phi) is 4.74. The predicted octanol–water partition coefficient (Wildman–Crippen LogP) is 3.93. The summed E-state index contributed by atoms with van der Waals surface area (Å²) in [5, 5.41) is 31.6. The van der Waals surface area contributed by atoms with E-state index in [9.17, 15) is 15.3 Å². The summed E-state index contributed by atoms with van der Waals surface area (Å²) in [6, 6.07) is 0. The van der Waals surface area contributed by atoms with E-state index in [4.69, 9.17) is 11.6 Å². The molecule has 0 fully saturated rings. The summed E-state index contributed by atoms with van der Waals surface area (Å²) in [4.78, 5) is 0. The van der Waals surface area contributed by atoms with Crippen molar-refractivity contribution < 1.29 is 15.3 Å². The first-order valence-corrected chi connectivity index (χ1v) is 8.09. The lowest BCUT2D eigenvalue weighted by atomic mass is 9.67. The standard InChI is InChI=1S/C16H20BrClO3/c1-8(2)16(21)12(10-4-6-11(19)7-5-10)14(20)9(3)13(17)15(16)18/h4,6,10-12,19-21H,1,5,7H2,2-3H3/t10?,11?,12-,16?/m0/s1. The number of hydrogen-bond donors (Lipinski definition) is 3. The second-order valence-electron chi connectivity index (χ2n) is 5.86. The van der Waals surface area contributed by atoms with Crippen molar-refractivity contribution in [3.8, 4) is 0 Å². The van der Waals surface area contributed by atoms with E-state index in [2.05, 4.69) is 22.5 Å². The highest BCUT2D eigenvalue weighted by atomic mass is 79.9. The van der Waals surface area contributed by atoms with Gasteiger partial charge in [0.05, 0.1) is 17.1 Å². The van der Waals surface area contributed by atoms with E-state index in [1.807, 2.05) is 6.08 Å². The maximum Gasteiger partial charge on any atom is 0.132 e. The third-order valence-electron chi connectivity index (χ3n) is 4.44. The van der Waals surface area contributed by atoms with Gasteiger partial charge in [0.25, 0.3) is 0 Å². The number of hydrogen-bond acceptors (Lipinski definition) is 3. The van der Waals surface area contributed by atoms with Crippen LogP contribution < -0.4 is 0 Å². The van der Waals surface area contributed by atoms with Crippen molar-refractivity contribution in [2.75, 3.05) is 0 Å². The van der Waals surface area contributed by atoms with E-state index >= 15 is 0 Å². The van der Waals surface area contributed by atoms with E-state index in [0.29, 0.717) is 28.5 Å². The van der Waals surface area contributed by atoms with Crippen LogP contribution in [0.2, 0.25) is 0 Å². The molecular weight excluding hydrogens is 356 g/mol. The third kappa shape index (κ3) is 2.63. The fraction of sp³-hybridized carbons (Fsp3) is 0.500. The molecule has 21 heavy (non-hydrogen) atoms. The second-order valence-corrected chi connectivity index (χ2v) is 7.03. The van der Waals surface area contributed by atoms with Gasteiger partial charge in [-0.2, -0.15) is 0 Å². The first kappa shape index (κ1) is 16.8. The molecule has 0 bridgehead atoms. The zero-order chi connectivity index (χ0) is 15.9. The van der Waals surface area contributed by atoms with E-state index in [-0.39, 0.29) is 16.7 Å². The highest BCUT2D eigenvalue weighted by molar-refractivity contribution is 9.12. The van der Waals surface area contributed by atoms with Crippen LogP contribution in [-0.2, 0) is 0 Å². The molecule has 0 saturated carbocycles. The van der Waals surface area contributed by atoms with Crippen molar-refractivity contribution in [3.05, 3.63) is 45.2 Å². The molecule has 0 aromatic heterocycles. The van der Waals surface area contributed by atoms with E-state index < -0.39 is 17.6 Å². The van der Waals surface area contributed by atoms with Crippen LogP contribution in [0.3, 0.4) is 0 Å². The van der Waals surface area contributed by atoms with Gasteiger partial charge in [0, 0.05) is 10.1 Å². The van der Waals surface area contributed by atoms with Crippen LogP contribution >= 0.6 is 27.5 Å². The third-order valence-corrected chi connectivity index (χ3v) is 6.14. The Morgan fingerprint density at radius 3 is 2.52 bits per heavy atom. The highest BCUT2D eigenvalue weighted by Crippen LogP contribution is 2.51. The first-order chi connectivity index (χ1) is 9.71. The van der Waals surface area contributed by atoms with Gasteiger partial charge in [0.15, 0.2) is 0 Å². The molecule has 3 nitrogen and oxygen atoms in total. The maximum absolute atomic E-state index is 11.1. The van der Waals surface area contributed by atoms with E-state index in [0.717, 1.165) is 0 Å². The van der Waals surface area contributed by atoms with Gasteiger partial charge in [-0.1, -0.05) is 30.3 Å². The highest BCUT2D eigenvalue weighted by Gasteiger charge is 2.50. The lowest BCUT2D eigenvalue weighted by Crippen LogP contribution is -2.47. The molecule has 2 rings (SSSR count). The average Bonchev–Trinajstić information content (AvgIpc) is 2.45. The van der Waals surface area contributed by atoms with Gasteiger partial charge in [-0.3, -0.25) is 0 Å². The van der Waals surface area contributed by atoms with Gasteiger partial charge in [-0.25, -0.2) is 0 Å². The minimum Gasteiger partial charge on any atom is -0.512 e. The summed E-state index contributed by atoms with van der Waals surface area (Å²) in [6.07, 6.45) is 4.35. The van der Waals surface area contributed by atoms with Crippen molar-refractivity contribution >= 4 is 27.5 Å². The molecule has 5 heteroatoms. The van der Waals surface area contributed by atoms with Crippen LogP contribution in [0.1, 0.15) is 26.7 Å². The van der Waals surface area contributed by atoms with Gasteiger partial charge < -0.3 is 15.3 Å². The molecule has 3 unspecified atom stereocenters.